The number of H-pyrrole nitrogens is 1. The highest BCUT2D eigenvalue weighted by Gasteiger charge is 2.34. The maximum Gasteiger partial charge on any atom is 0.338 e. The highest BCUT2D eigenvalue weighted by Crippen LogP contribution is 2.37. The van der Waals surface area contributed by atoms with Crippen LogP contribution in [0.3, 0.4) is 0 Å². The molecule has 0 fully saturated rings. The molecule has 1 aromatic carbocycles. The summed E-state index contributed by atoms with van der Waals surface area (Å²) in [4.78, 5) is 37.9. The van der Waals surface area contributed by atoms with Crippen LogP contribution >= 0.6 is 12.2 Å². The molecule has 0 unspecified atom stereocenters. The van der Waals surface area contributed by atoms with Crippen LogP contribution in [0, 0.1) is 14.9 Å². The zero-order chi connectivity index (χ0) is 20.6. The van der Waals surface area contributed by atoms with Gasteiger partial charge in [-0.1, -0.05) is 12.1 Å². The molecule has 28 heavy (non-hydrogen) atoms. The van der Waals surface area contributed by atoms with Crippen molar-refractivity contribution in [2.45, 2.75) is 32.9 Å². The molecule has 9 nitrogen and oxygen atoms in total. The van der Waals surface area contributed by atoms with Gasteiger partial charge in [0.15, 0.2) is 4.77 Å². The lowest BCUT2D eigenvalue weighted by molar-refractivity contribution is -0.384. The molecule has 1 atom stereocenters. The second kappa shape index (κ2) is 7.39. The van der Waals surface area contributed by atoms with Crippen LogP contribution in [-0.4, -0.2) is 26.5 Å². The fraction of sp³-hybridized carbons (Fsp3) is 0.278. The third-order valence-corrected chi connectivity index (χ3v) is 4.49. The Hall–Kier alpha value is -3.27. The molecule has 146 valence electrons. The second-order valence-electron chi connectivity index (χ2n) is 6.57. The summed E-state index contributed by atoms with van der Waals surface area (Å²) in [7, 11) is 0. The number of carbonyl (C=O) groups is 1. The van der Waals surface area contributed by atoms with Crippen LogP contribution in [0.25, 0.3) is 0 Å². The molecule has 0 radical (unpaired) electrons. The lowest BCUT2D eigenvalue weighted by Gasteiger charge is -2.32. The minimum absolute atomic E-state index is 0.0776. The minimum atomic E-state index is -0.799. The number of aromatic amines is 1. The highest BCUT2D eigenvalue weighted by molar-refractivity contribution is 7.71. The quantitative estimate of drug-likeness (QED) is 0.349. The van der Waals surface area contributed by atoms with Crippen molar-refractivity contribution in [1.82, 2.24) is 9.55 Å². The van der Waals surface area contributed by atoms with Crippen molar-refractivity contribution in [3.05, 3.63) is 72.4 Å². The van der Waals surface area contributed by atoms with E-state index in [-0.39, 0.29) is 22.1 Å². The van der Waals surface area contributed by atoms with E-state index in [0.717, 1.165) is 0 Å². The van der Waals surface area contributed by atoms with E-state index in [1.54, 1.807) is 31.4 Å². The summed E-state index contributed by atoms with van der Waals surface area (Å²) >= 11 is 5.31. The fourth-order valence-corrected chi connectivity index (χ4v) is 3.42. The molecule has 0 spiro atoms. The van der Waals surface area contributed by atoms with Gasteiger partial charge < -0.3 is 10.1 Å². The molecule has 0 saturated heterocycles. The number of fused-ring (bicyclic) bond motifs is 1. The number of hydrogen-bond acceptors (Lipinski definition) is 7. The average Bonchev–Trinajstić information content (AvgIpc) is 2.59. The number of esters is 1. The van der Waals surface area contributed by atoms with E-state index in [4.69, 9.17) is 17.0 Å². The number of nitro groups is 1. The molecule has 2 N–H and O–H groups in total. The molecule has 1 aliphatic rings. The summed E-state index contributed by atoms with van der Waals surface area (Å²) in [6.07, 6.45) is -0.358. The number of carbonyl (C=O) groups excluding carboxylic acids is 1. The first-order chi connectivity index (χ1) is 13.2. The second-order valence-corrected chi connectivity index (χ2v) is 6.95. The van der Waals surface area contributed by atoms with Crippen LogP contribution in [0.4, 0.5) is 11.5 Å². The van der Waals surface area contributed by atoms with Gasteiger partial charge in [-0.3, -0.25) is 24.5 Å². The van der Waals surface area contributed by atoms with Gasteiger partial charge in [-0.25, -0.2) is 4.79 Å². The van der Waals surface area contributed by atoms with Crippen molar-refractivity contribution >= 4 is 29.7 Å². The number of nitro benzene ring substituents is 1. The van der Waals surface area contributed by atoms with Crippen molar-refractivity contribution < 1.29 is 14.5 Å². The first-order valence-electron chi connectivity index (χ1n) is 8.48. The Kier molecular flexibility index (Phi) is 5.14. The number of benzene rings is 1. The largest absolute Gasteiger partial charge is 0.459 e. The smallest absolute Gasteiger partial charge is 0.338 e. The van der Waals surface area contributed by atoms with Gasteiger partial charge >= 0.3 is 5.97 Å². The van der Waals surface area contributed by atoms with Crippen LogP contribution in [0.1, 0.15) is 32.4 Å². The molecule has 10 heteroatoms. The number of allylic oxidation sites excluding steroid dienone is 1. The Morgan fingerprint density at radius 1 is 1.36 bits per heavy atom. The van der Waals surface area contributed by atoms with Crippen molar-refractivity contribution in [3.63, 3.8) is 0 Å². The predicted octanol–water partition coefficient (Wildman–Crippen LogP) is 3.05. The Morgan fingerprint density at radius 3 is 2.71 bits per heavy atom. The first kappa shape index (κ1) is 19.5. The first-order valence-corrected chi connectivity index (χ1v) is 8.89. The molecule has 1 aromatic heterocycles. The van der Waals surface area contributed by atoms with Gasteiger partial charge in [-0.15, -0.1) is 0 Å². The average molecular weight is 402 g/mol. The summed E-state index contributed by atoms with van der Waals surface area (Å²) in [5.74, 6) is -0.195. The number of anilines is 1. The van der Waals surface area contributed by atoms with Crippen molar-refractivity contribution in [1.29, 1.82) is 0 Å². The lowest BCUT2D eigenvalue weighted by Crippen LogP contribution is -2.32. The molecule has 0 aliphatic carbocycles. The lowest BCUT2D eigenvalue weighted by atomic mass is 9.94. The van der Waals surface area contributed by atoms with Gasteiger partial charge in [-0.05, 0) is 38.6 Å². The van der Waals surface area contributed by atoms with Crippen molar-refractivity contribution in [2.75, 3.05) is 5.32 Å². The van der Waals surface area contributed by atoms with E-state index in [0.29, 0.717) is 17.1 Å². The zero-order valence-corrected chi connectivity index (χ0v) is 16.2. The Morgan fingerprint density at radius 2 is 2.07 bits per heavy atom. The Balaban J connectivity index is 2.29. The SMILES string of the molecule is CC1=C(C(=O)OC(C)C)[C@H](c2cccc([N+](=O)[O-])c2)n2c(cc(=O)[nH]c2=S)N1. The van der Waals surface area contributed by atoms with Gasteiger partial charge in [0.25, 0.3) is 11.2 Å². The minimum Gasteiger partial charge on any atom is -0.459 e. The van der Waals surface area contributed by atoms with Crippen LogP contribution < -0.4 is 10.9 Å². The van der Waals surface area contributed by atoms with Crippen LogP contribution in [0.15, 0.2) is 46.4 Å². The summed E-state index contributed by atoms with van der Waals surface area (Å²) in [5.41, 5.74) is 0.674. The van der Waals surface area contributed by atoms with Gasteiger partial charge in [0, 0.05) is 23.9 Å². The third-order valence-electron chi connectivity index (χ3n) is 4.19. The van der Waals surface area contributed by atoms with Crippen LogP contribution in [0.2, 0.25) is 0 Å². The summed E-state index contributed by atoms with van der Waals surface area (Å²) in [6.45, 7) is 5.13. The Bertz CT molecular complexity index is 1120. The maximum atomic E-state index is 12.8. The maximum absolute atomic E-state index is 12.8. The molecule has 0 bridgehead atoms. The van der Waals surface area contributed by atoms with Gasteiger partial charge in [0.2, 0.25) is 0 Å². The zero-order valence-electron chi connectivity index (χ0n) is 15.4. The molecule has 0 amide bonds. The fourth-order valence-electron chi connectivity index (χ4n) is 3.12. The molecular weight excluding hydrogens is 384 g/mol. The predicted molar refractivity (Wildman–Crippen MR) is 105 cm³/mol. The van der Waals surface area contributed by atoms with Gasteiger partial charge in [0.1, 0.15) is 5.82 Å². The number of ether oxygens (including phenoxy) is 1. The van der Waals surface area contributed by atoms with Crippen molar-refractivity contribution in [2.24, 2.45) is 0 Å². The van der Waals surface area contributed by atoms with E-state index in [1.807, 2.05) is 0 Å². The topological polar surface area (TPSA) is 119 Å². The third kappa shape index (κ3) is 3.58. The molecule has 2 aromatic rings. The molecular formula is C18H18N4O5S. The highest BCUT2D eigenvalue weighted by atomic mass is 32.1. The number of non-ortho nitro benzene ring substituents is 1. The number of aromatic nitrogens is 2. The van der Waals surface area contributed by atoms with Crippen LogP contribution in [0.5, 0.6) is 0 Å². The van der Waals surface area contributed by atoms with E-state index in [2.05, 4.69) is 10.3 Å². The molecule has 2 heterocycles. The monoisotopic (exact) mass is 402 g/mol. The number of nitrogens with zero attached hydrogens (tertiary/aromatic N) is 2. The molecule has 1 aliphatic heterocycles. The van der Waals surface area contributed by atoms with Gasteiger partial charge in [0.05, 0.1) is 22.6 Å². The number of rotatable bonds is 4. The van der Waals surface area contributed by atoms with E-state index in [1.165, 1.54) is 24.3 Å². The molecule has 3 rings (SSSR count). The normalized spacial score (nSPS) is 15.8. The van der Waals surface area contributed by atoms with E-state index < -0.39 is 22.5 Å². The standard InChI is InChI=1S/C18H18N4O5S/c1-9(2)27-17(24)15-10(3)19-13-8-14(23)20-18(28)21(13)16(15)11-5-4-6-12(7-11)22(25)26/h4-9,16,19H,1-3H3,(H,20,23,28)/t16-/m0/s1. The number of nitrogens with one attached hydrogen (secondary N) is 2. The van der Waals surface area contributed by atoms with Crippen molar-refractivity contribution in [3.8, 4) is 0 Å². The molecule has 0 saturated carbocycles. The summed E-state index contributed by atoms with van der Waals surface area (Å²) in [5, 5.41) is 14.2. The van der Waals surface area contributed by atoms with Crippen LogP contribution in [-0.2, 0) is 9.53 Å². The van der Waals surface area contributed by atoms with Gasteiger partial charge in [-0.2, -0.15) is 0 Å². The summed E-state index contributed by atoms with van der Waals surface area (Å²) in [6, 6.07) is 6.45. The summed E-state index contributed by atoms with van der Waals surface area (Å²) < 4.78 is 7.00. The Labute approximate surface area is 164 Å². The number of hydrogen-bond donors (Lipinski definition) is 2. The van der Waals surface area contributed by atoms with E-state index in [9.17, 15) is 19.7 Å². The van der Waals surface area contributed by atoms with E-state index >= 15 is 0 Å².